The summed E-state index contributed by atoms with van der Waals surface area (Å²) in [5, 5.41) is 0. The second-order valence-electron chi connectivity index (χ2n) is 12.6. The molecule has 0 radical (unpaired) electrons. The molecule has 3 heterocycles. The highest BCUT2D eigenvalue weighted by Gasteiger charge is 2.78. The van der Waals surface area contributed by atoms with Crippen LogP contribution in [0.4, 0.5) is 0 Å². The number of Topliss-reactive ketones (excluding diaryl/α,β-unsaturated/α-hetero) is 1. The average Bonchev–Trinajstić information content (AvgIpc) is 3.58. The minimum Gasteiger partial charge on any atom is -0.469 e. The number of esters is 2. The molecule has 2 aliphatic heterocycles. The standard InChI is InChI=1S/C30H38O7/c1-7-8-18-16(10-12-35-18)17-13-19-23(15(17)2)30(5)20(14-22(32)34-6)29(4)21(31)9-11-28(3)25(29)24(26(30)36-19)37-27(28)33/h10,12,17,19-20,24-26H,7-9,11,13-14H2,1-6H3/t17?,19?,20-,24-,25+,26-,28-,29+,30-/m1/s1. The first-order chi connectivity index (χ1) is 17.5. The largest absolute Gasteiger partial charge is 0.469 e. The quantitative estimate of drug-likeness (QED) is 0.410. The SMILES string of the molecule is CCCc1occc1C1CC2O[C@@H]3[C@@H]4OC(=O)[C@]5(C)CCC(=O)[C@](C)([C@@H](CC(=O)OC)[C@]3(C)C2=C1C)[C@@H]45. The van der Waals surface area contributed by atoms with E-state index in [1.165, 1.54) is 23.8 Å². The van der Waals surface area contributed by atoms with Gasteiger partial charge in [-0.1, -0.05) is 26.3 Å². The van der Waals surface area contributed by atoms with E-state index in [-0.39, 0.29) is 48.0 Å². The van der Waals surface area contributed by atoms with Crippen molar-refractivity contribution in [3.63, 3.8) is 0 Å². The number of furan rings is 1. The first-order valence-corrected chi connectivity index (χ1v) is 13.8. The lowest BCUT2D eigenvalue weighted by Gasteiger charge is -2.60. The molecular weight excluding hydrogens is 472 g/mol. The van der Waals surface area contributed by atoms with E-state index in [1.54, 1.807) is 6.26 Å². The highest BCUT2D eigenvalue weighted by atomic mass is 16.6. The van der Waals surface area contributed by atoms with E-state index >= 15 is 0 Å². The van der Waals surface area contributed by atoms with Gasteiger partial charge in [0, 0.05) is 41.1 Å². The van der Waals surface area contributed by atoms with Gasteiger partial charge in [0.15, 0.2) is 0 Å². The number of fused-ring (bicyclic) bond motifs is 4. The fourth-order valence-corrected chi connectivity index (χ4v) is 9.41. The van der Waals surface area contributed by atoms with Gasteiger partial charge in [-0.25, -0.2) is 0 Å². The first-order valence-electron chi connectivity index (χ1n) is 13.8. The van der Waals surface area contributed by atoms with Crippen LogP contribution in [0.1, 0.15) is 84.0 Å². The van der Waals surface area contributed by atoms with Crippen LogP contribution in [0.25, 0.3) is 0 Å². The lowest BCUT2D eigenvalue weighted by molar-refractivity contribution is -0.197. The fraction of sp³-hybridized carbons (Fsp3) is 0.700. The van der Waals surface area contributed by atoms with Crippen molar-refractivity contribution >= 4 is 17.7 Å². The van der Waals surface area contributed by atoms with Crippen molar-refractivity contribution in [2.75, 3.05) is 7.11 Å². The van der Waals surface area contributed by atoms with E-state index < -0.39 is 28.5 Å². The number of carbonyl (C=O) groups is 3. The van der Waals surface area contributed by atoms with Crippen LogP contribution >= 0.6 is 0 Å². The van der Waals surface area contributed by atoms with Crippen LogP contribution in [0.3, 0.4) is 0 Å². The summed E-state index contributed by atoms with van der Waals surface area (Å²) in [7, 11) is 1.39. The van der Waals surface area contributed by atoms with Crippen molar-refractivity contribution < 1.29 is 33.0 Å². The van der Waals surface area contributed by atoms with Crippen LogP contribution in [0.15, 0.2) is 27.9 Å². The molecule has 1 aromatic heterocycles. The molecular formula is C30H38O7. The average molecular weight is 511 g/mol. The van der Waals surface area contributed by atoms with E-state index in [1.807, 2.05) is 13.8 Å². The smallest absolute Gasteiger partial charge is 0.312 e. The van der Waals surface area contributed by atoms with Gasteiger partial charge in [-0.15, -0.1) is 0 Å². The normalized spacial score (nSPS) is 43.9. The Labute approximate surface area is 218 Å². The van der Waals surface area contributed by atoms with E-state index in [4.69, 9.17) is 18.6 Å². The summed E-state index contributed by atoms with van der Waals surface area (Å²) in [5.41, 5.74) is 1.27. The van der Waals surface area contributed by atoms with E-state index in [0.717, 1.165) is 25.0 Å². The maximum Gasteiger partial charge on any atom is 0.312 e. The number of ketones is 1. The van der Waals surface area contributed by atoms with Gasteiger partial charge in [-0.05, 0) is 50.7 Å². The van der Waals surface area contributed by atoms with E-state index in [0.29, 0.717) is 12.8 Å². The van der Waals surface area contributed by atoms with Gasteiger partial charge in [-0.3, -0.25) is 14.4 Å². The minimum atomic E-state index is -0.907. The Bertz CT molecular complexity index is 1210. The molecule has 5 aliphatic rings. The Balaban J connectivity index is 1.53. The maximum absolute atomic E-state index is 13.9. The highest BCUT2D eigenvalue weighted by molar-refractivity contribution is 5.92. The molecule has 6 rings (SSSR count). The molecule has 0 amide bonds. The van der Waals surface area contributed by atoms with Crippen LogP contribution in [0.5, 0.6) is 0 Å². The summed E-state index contributed by atoms with van der Waals surface area (Å²) >= 11 is 0. The third-order valence-corrected chi connectivity index (χ3v) is 11.0. The summed E-state index contributed by atoms with van der Waals surface area (Å²) in [6.45, 7) is 10.4. The molecule has 0 bridgehead atoms. The molecule has 2 unspecified atom stereocenters. The van der Waals surface area contributed by atoms with Gasteiger partial charge < -0.3 is 18.6 Å². The molecule has 7 nitrogen and oxygen atoms in total. The Hall–Kier alpha value is -2.41. The van der Waals surface area contributed by atoms with Crippen LogP contribution in [-0.2, 0) is 35.0 Å². The van der Waals surface area contributed by atoms with E-state index in [9.17, 15) is 14.4 Å². The second-order valence-corrected chi connectivity index (χ2v) is 12.6. The van der Waals surface area contributed by atoms with Crippen LogP contribution < -0.4 is 0 Å². The van der Waals surface area contributed by atoms with Gasteiger partial charge in [-0.2, -0.15) is 0 Å². The predicted octanol–water partition coefficient (Wildman–Crippen LogP) is 4.92. The molecule has 9 atom stereocenters. The van der Waals surface area contributed by atoms with Crippen LogP contribution in [-0.4, -0.2) is 43.1 Å². The van der Waals surface area contributed by atoms with Crippen molar-refractivity contribution in [1.82, 2.24) is 0 Å². The molecule has 200 valence electrons. The second kappa shape index (κ2) is 8.05. The van der Waals surface area contributed by atoms with Crippen molar-refractivity contribution in [3.05, 3.63) is 34.8 Å². The topological polar surface area (TPSA) is 92.0 Å². The molecule has 2 saturated heterocycles. The number of allylic oxidation sites excluding steroid dienone is 1. The number of rotatable bonds is 5. The number of carbonyl (C=O) groups excluding carboxylic acids is 3. The molecule has 1 aromatic rings. The highest BCUT2D eigenvalue weighted by Crippen LogP contribution is 2.72. The van der Waals surface area contributed by atoms with Crippen molar-refractivity contribution in [3.8, 4) is 0 Å². The molecule has 37 heavy (non-hydrogen) atoms. The Morgan fingerprint density at radius 1 is 1.19 bits per heavy atom. The number of hydrogen-bond acceptors (Lipinski definition) is 7. The number of methoxy groups -OCH3 is 1. The van der Waals surface area contributed by atoms with Gasteiger partial charge >= 0.3 is 11.9 Å². The van der Waals surface area contributed by atoms with Crippen LogP contribution in [0, 0.1) is 28.1 Å². The third kappa shape index (κ3) is 2.95. The number of aryl methyl sites for hydroxylation is 1. The van der Waals surface area contributed by atoms with Crippen molar-refractivity contribution in [2.45, 2.75) is 97.4 Å². The molecule has 0 aromatic carbocycles. The van der Waals surface area contributed by atoms with Gasteiger partial charge in [0.2, 0.25) is 0 Å². The fourth-order valence-electron chi connectivity index (χ4n) is 9.41. The summed E-state index contributed by atoms with van der Waals surface area (Å²) in [4.78, 5) is 40.1. The predicted molar refractivity (Wildman–Crippen MR) is 133 cm³/mol. The molecule has 2 saturated carbocycles. The van der Waals surface area contributed by atoms with Gasteiger partial charge in [0.1, 0.15) is 23.8 Å². The zero-order valence-corrected chi connectivity index (χ0v) is 22.7. The zero-order valence-electron chi connectivity index (χ0n) is 22.7. The molecule has 4 fully saturated rings. The summed E-state index contributed by atoms with van der Waals surface area (Å²) in [6, 6.07) is 2.07. The summed E-state index contributed by atoms with van der Waals surface area (Å²) < 4.78 is 24.0. The van der Waals surface area contributed by atoms with Gasteiger partial charge in [0.05, 0.1) is 31.3 Å². The molecule has 0 N–H and O–H groups in total. The summed E-state index contributed by atoms with van der Waals surface area (Å²) in [5.74, 6) is -0.00111. The molecule has 0 spiro atoms. The Morgan fingerprint density at radius 2 is 1.95 bits per heavy atom. The minimum absolute atomic E-state index is 0.101. The third-order valence-electron chi connectivity index (χ3n) is 11.0. The van der Waals surface area contributed by atoms with Crippen molar-refractivity contribution in [1.29, 1.82) is 0 Å². The number of ether oxygens (including phenoxy) is 3. The lowest BCUT2D eigenvalue weighted by atomic mass is 9.40. The molecule has 7 heteroatoms. The van der Waals surface area contributed by atoms with Crippen molar-refractivity contribution in [2.24, 2.45) is 28.1 Å². The zero-order chi connectivity index (χ0) is 26.5. The maximum atomic E-state index is 13.9. The first kappa shape index (κ1) is 24.9. The number of hydrogen-bond donors (Lipinski definition) is 0. The summed E-state index contributed by atoms with van der Waals surface area (Å²) in [6.07, 6.45) is 4.23. The lowest BCUT2D eigenvalue weighted by Crippen LogP contribution is -2.67. The van der Waals surface area contributed by atoms with Crippen LogP contribution in [0.2, 0.25) is 0 Å². The Morgan fingerprint density at radius 3 is 2.65 bits per heavy atom. The Kier molecular flexibility index (Phi) is 5.41. The van der Waals surface area contributed by atoms with E-state index in [2.05, 4.69) is 26.8 Å². The monoisotopic (exact) mass is 510 g/mol. The molecule has 3 aliphatic carbocycles. The van der Waals surface area contributed by atoms with Gasteiger partial charge in [0.25, 0.3) is 0 Å².